The fourth-order valence-electron chi connectivity index (χ4n) is 1.36. The summed E-state index contributed by atoms with van der Waals surface area (Å²) in [6.45, 7) is 7.75. The Morgan fingerprint density at radius 3 is 2.78 bits per heavy atom. The van der Waals surface area contributed by atoms with Crippen molar-refractivity contribution in [2.75, 3.05) is 30.8 Å². The lowest BCUT2D eigenvalue weighted by atomic mass is 10.3. The molecule has 3 N–H and O–H groups in total. The van der Waals surface area contributed by atoms with Gasteiger partial charge in [0.05, 0.1) is 12.7 Å². The van der Waals surface area contributed by atoms with Crippen LogP contribution in [0.4, 0.5) is 10.7 Å². The third-order valence-electron chi connectivity index (χ3n) is 2.09. The molecule has 0 spiro atoms. The van der Waals surface area contributed by atoms with Crippen molar-refractivity contribution in [1.82, 2.24) is 0 Å². The minimum absolute atomic E-state index is 0.0147. The topological polar surface area (TPSA) is 80.3 Å². The lowest BCUT2D eigenvalue weighted by molar-refractivity contribution is 0.158. The molecule has 0 aliphatic carbocycles. The smallest absolute Gasteiger partial charge is 0.178 e. The molecule has 0 radical (unpaired) electrons. The summed E-state index contributed by atoms with van der Waals surface area (Å²) in [6.07, 6.45) is 0.0147. The molecular formula is C12H19N3O2S. The number of anilines is 2. The largest absolute Gasteiger partial charge is 0.486 e. The normalized spacial score (nSPS) is 10.4. The first-order chi connectivity index (χ1) is 8.60. The maximum Gasteiger partial charge on any atom is 0.178 e. The maximum atomic E-state index is 8.97. The molecule has 100 valence electrons. The van der Waals surface area contributed by atoms with Gasteiger partial charge < -0.3 is 20.5 Å². The summed E-state index contributed by atoms with van der Waals surface area (Å²) >= 11 is 1.31. The zero-order valence-electron chi connectivity index (χ0n) is 10.9. The van der Waals surface area contributed by atoms with Crippen LogP contribution in [0.3, 0.4) is 0 Å². The molecule has 0 atom stereocenters. The van der Waals surface area contributed by atoms with Crippen LogP contribution in [0.2, 0.25) is 0 Å². The second-order valence-electron chi connectivity index (χ2n) is 3.91. The van der Waals surface area contributed by atoms with Crippen molar-refractivity contribution in [2.45, 2.75) is 26.9 Å². The van der Waals surface area contributed by atoms with E-state index in [2.05, 4.69) is 11.4 Å². The van der Waals surface area contributed by atoms with Crippen LogP contribution in [0.15, 0.2) is 0 Å². The van der Waals surface area contributed by atoms with Crippen molar-refractivity contribution in [1.29, 1.82) is 5.26 Å². The summed E-state index contributed by atoms with van der Waals surface area (Å²) in [5.74, 6) is 0.572. The van der Waals surface area contributed by atoms with Crippen LogP contribution < -0.4 is 15.8 Å². The Bertz CT molecular complexity index is 424. The summed E-state index contributed by atoms with van der Waals surface area (Å²) in [4.78, 5) is 0.476. The lowest BCUT2D eigenvalue weighted by Crippen LogP contribution is -2.11. The van der Waals surface area contributed by atoms with E-state index in [4.69, 9.17) is 20.5 Å². The molecule has 1 rings (SSSR count). The first-order valence-electron chi connectivity index (χ1n) is 5.90. The SMILES string of the molecule is CCOCCNc1sc(C#N)c(N)c1OC(C)C. The zero-order valence-corrected chi connectivity index (χ0v) is 11.8. The van der Waals surface area contributed by atoms with Gasteiger partial charge >= 0.3 is 0 Å². The molecule has 0 saturated heterocycles. The van der Waals surface area contributed by atoms with E-state index in [-0.39, 0.29) is 6.10 Å². The molecule has 5 nitrogen and oxygen atoms in total. The Labute approximate surface area is 112 Å². The second-order valence-corrected chi connectivity index (χ2v) is 4.93. The van der Waals surface area contributed by atoms with E-state index in [1.165, 1.54) is 11.3 Å². The summed E-state index contributed by atoms with van der Waals surface area (Å²) in [7, 11) is 0. The molecule has 0 saturated carbocycles. The number of nitrogens with zero attached hydrogens (tertiary/aromatic N) is 1. The molecule has 1 aromatic rings. The van der Waals surface area contributed by atoms with Gasteiger partial charge in [-0.15, -0.1) is 11.3 Å². The van der Waals surface area contributed by atoms with Gasteiger partial charge in [-0.2, -0.15) is 5.26 Å². The van der Waals surface area contributed by atoms with Crippen molar-refractivity contribution in [2.24, 2.45) is 0 Å². The van der Waals surface area contributed by atoms with Crippen molar-refractivity contribution in [3.63, 3.8) is 0 Å². The molecule has 0 fully saturated rings. The highest BCUT2D eigenvalue weighted by Gasteiger charge is 2.18. The summed E-state index contributed by atoms with van der Waals surface area (Å²) in [6, 6.07) is 2.07. The van der Waals surface area contributed by atoms with Gasteiger partial charge in [0.15, 0.2) is 5.75 Å². The Kier molecular flexibility index (Phi) is 5.75. The molecule has 0 unspecified atom stereocenters. The van der Waals surface area contributed by atoms with Crippen molar-refractivity contribution in [3.05, 3.63) is 4.88 Å². The fraction of sp³-hybridized carbons (Fsp3) is 0.583. The Morgan fingerprint density at radius 1 is 1.50 bits per heavy atom. The van der Waals surface area contributed by atoms with Crippen molar-refractivity contribution >= 4 is 22.0 Å². The first kappa shape index (κ1) is 14.6. The number of nitrogen functional groups attached to an aromatic ring is 1. The van der Waals surface area contributed by atoms with E-state index in [0.29, 0.717) is 36.1 Å². The molecule has 0 aromatic carbocycles. The van der Waals surface area contributed by atoms with E-state index in [1.807, 2.05) is 20.8 Å². The van der Waals surface area contributed by atoms with Gasteiger partial charge in [0.1, 0.15) is 21.6 Å². The van der Waals surface area contributed by atoms with E-state index < -0.39 is 0 Å². The molecular weight excluding hydrogens is 250 g/mol. The van der Waals surface area contributed by atoms with E-state index in [0.717, 1.165) is 5.00 Å². The highest BCUT2D eigenvalue weighted by molar-refractivity contribution is 7.17. The maximum absolute atomic E-state index is 8.97. The minimum atomic E-state index is 0.0147. The molecule has 0 amide bonds. The summed E-state index contributed by atoms with van der Waals surface area (Å²) < 4.78 is 10.9. The average molecular weight is 269 g/mol. The van der Waals surface area contributed by atoms with E-state index >= 15 is 0 Å². The quantitative estimate of drug-likeness (QED) is 0.743. The van der Waals surface area contributed by atoms with Crippen LogP contribution in [0, 0.1) is 11.3 Å². The number of nitrogens with two attached hydrogens (primary N) is 1. The van der Waals surface area contributed by atoms with Gasteiger partial charge in [-0.05, 0) is 20.8 Å². The molecule has 0 aliphatic heterocycles. The molecule has 18 heavy (non-hydrogen) atoms. The fourth-order valence-corrected chi connectivity index (χ4v) is 2.24. The first-order valence-corrected chi connectivity index (χ1v) is 6.72. The molecule has 6 heteroatoms. The van der Waals surface area contributed by atoms with E-state index in [1.54, 1.807) is 0 Å². The van der Waals surface area contributed by atoms with Crippen LogP contribution in [0.25, 0.3) is 0 Å². The van der Waals surface area contributed by atoms with Gasteiger partial charge in [-0.25, -0.2) is 0 Å². The van der Waals surface area contributed by atoms with Gasteiger partial charge in [0.25, 0.3) is 0 Å². The number of nitrogens with one attached hydrogen (secondary N) is 1. The summed E-state index contributed by atoms with van der Waals surface area (Å²) in [5.41, 5.74) is 6.30. The zero-order chi connectivity index (χ0) is 13.5. The van der Waals surface area contributed by atoms with Crippen LogP contribution in [-0.4, -0.2) is 25.9 Å². The second kappa shape index (κ2) is 7.09. The number of thiophene rings is 1. The highest BCUT2D eigenvalue weighted by atomic mass is 32.1. The van der Waals surface area contributed by atoms with E-state index in [9.17, 15) is 0 Å². The number of rotatable bonds is 7. The minimum Gasteiger partial charge on any atom is -0.486 e. The van der Waals surface area contributed by atoms with Crippen LogP contribution in [0.5, 0.6) is 5.75 Å². The third kappa shape index (κ3) is 3.79. The lowest BCUT2D eigenvalue weighted by Gasteiger charge is -2.12. The summed E-state index contributed by atoms with van der Waals surface area (Å²) in [5, 5.41) is 12.9. The monoisotopic (exact) mass is 269 g/mol. The predicted molar refractivity (Wildman–Crippen MR) is 74.2 cm³/mol. The molecule has 1 heterocycles. The van der Waals surface area contributed by atoms with Crippen LogP contribution in [-0.2, 0) is 4.74 Å². The Morgan fingerprint density at radius 2 is 2.22 bits per heavy atom. The number of nitriles is 1. The van der Waals surface area contributed by atoms with Crippen molar-refractivity contribution in [3.8, 4) is 11.8 Å². The van der Waals surface area contributed by atoms with Crippen molar-refractivity contribution < 1.29 is 9.47 Å². The van der Waals surface area contributed by atoms with Gasteiger partial charge in [-0.3, -0.25) is 0 Å². The molecule has 1 aromatic heterocycles. The average Bonchev–Trinajstić information content (AvgIpc) is 2.62. The third-order valence-corrected chi connectivity index (χ3v) is 3.14. The molecule has 0 aliphatic rings. The van der Waals surface area contributed by atoms with Gasteiger partial charge in [0.2, 0.25) is 0 Å². The predicted octanol–water partition coefficient (Wildman–Crippen LogP) is 2.44. The van der Waals surface area contributed by atoms with Crippen LogP contribution in [0.1, 0.15) is 25.6 Å². The molecule has 0 bridgehead atoms. The van der Waals surface area contributed by atoms with Gasteiger partial charge in [0, 0.05) is 13.2 Å². The van der Waals surface area contributed by atoms with Crippen LogP contribution >= 0.6 is 11.3 Å². The standard InChI is InChI=1S/C12H19N3O2S/c1-4-16-6-5-15-12-11(17-8(2)3)10(14)9(7-13)18-12/h8,15H,4-6,14H2,1-3H3. The highest BCUT2D eigenvalue weighted by Crippen LogP contribution is 2.42. The Hall–Kier alpha value is -1.45. The Balaban J connectivity index is 2.78. The number of ether oxygens (including phenoxy) is 2. The van der Waals surface area contributed by atoms with Gasteiger partial charge in [-0.1, -0.05) is 0 Å². The number of hydrogen-bond acceptors (Lipinski definition) is 6. The number of hydrogen-bond donors (Lipinski definition) is 2.